The molecule has 2 rings (SSSR count). The van der Waals surface area contributed by atoms with Crippen molar-refractivity contribution in [2.45, 2.75) is 0 Å². The summed E-state index contributed by atoms with van der Waals surface area (Å²) in [5.41, 5.74) is 0.381. The first kappa shape index (κ1) is 17.7. The highest BCUT2D eigenvalue weighted by atomic mass is 35.5. The molecule has 0 aliphatic rings. The number of anilines is 1. The summed E-state index contributed by atoms with van der Waals surface area (Å²) < 4.78 is 4.89. The number of halogens is 2. The fraction of sp³-hybridized carbons (Fsp3) is 0.125. The maximum atomic E-state index is 12.3. The number of carbonyl (C=O) groups is 2. The van der Waals surface area contributed by atoms with Crippen molar-refractivity contribution >= 4 is 40.6 Å². The molecule has 1 atom stereocenters. The zero-order chi connectivity index (χ0) is 17.7. The third-order valence-electron chi connectivity index (χ3n) is 3.07. The predicted octanol–water partition coefficient (Wildman–Crippen LogP) is 3.36. The van der Waals surface area contributed by atoms with Gasteiger partial charge in [-0.05, 0) is 24.3 Å². The Kier molecular flexibility index (Phi) is 5.74. The number of carbonyl (C=O) groups excluding carboxylic acids is 2. The Labute approximate surface area is 148 Å². The first-order valence-corrected chi connectivity index (χ1v) is 7.41. The molecule has 1 heterocycles. The summed E-state index contributed by atoms with van der Waals surface area (Å²) in [4.78, 5) is 28.4. The van der Waals surface area contributed by atoms with Gasteiger partial charge in [0, 0.05) is 22.8 Å². The van der Waals surface area contributed by atoms with Crippen LogP contribution in [0.1, 0.15) is 10.4 Å². The van der Waals surface area contributed by atoms with Gasteiger partial charge in [0.2, 0.25) is 11.8 Å². The standard InChI is InChI=1S/C16H11Cl2N3O3/c1-24-14-5-2-9(8-20-14)15(22)11(7-19)16(23)21-13-4-3-10(17)6-12(13)18/h2-6,8,11H,1H3,(H,21,23). The Morgan fingerprint density at radius 1 is 1.29 bits per heavy atom. The number of aromatic nitrogens is 1. The summed E-state index contributed by atoms with van der Waals surface area (Å²) in [7, 11) is 1.44. The topological polar surface area (TPSA) is 92.1 Å². The number of methoxy groups -OCH3 is 1. The van der Waals surface area contributed by atoms with E-state index in [9.17, 15) is 14.9 Å². The molecule has 122 valence electrons. The Balaban J connectivity index is 2.18. The van der Waals surface area contributed by atoms with Crippen molar-refractivity contribution < 1.29 is 14.3 Å². The molecular formula is C16H11Cl2N3O3. The van der Waals surface area contributed by atoms with Crippen molar-refractivity contribution in [1.82, 2.24) is 4.98 Å². The number of rotatable bonds is 5. The summed E-state index contributed by atoms with van der Waals surface area (Å²) in [5, 5.41) is 12.2. The number of hydrogen-bond donors (Lipinski definition) is 1. The third-order valence-corrected chi connectivity index (χ3v) is 3.62. The number of amides is 1. The van der Waals surface area contributed by atoms with Gasteiger partial charge >= 0.3 is 0 Å². The summed E-state index contributed by atoms with van der Waals surface area (Å²) >= 11 is 11.7. The van der Waals surface area contributed by atoms with Gasteiger partial charge in [-0.1, -0.05) is 23.2 Å². The quantitative estimate of drug-likeness (QED) is 0.649. The molecular weight excluding hydrogens is 353 g/mol. The zero-order valence-corrected chi connectivity index (χ0v) is 13.9. The molecule has 2 aromatic rings. The van der Waals surface area contributed by atoms with E-state index in [1.54, 1.807) is 6.07 Å². The lowest BCUT2D eigenvalue weighted by Crippen LogP contribution is -2.28. The maximum absolute atomic E-state index is 12.3. The Hall–Kier alpha value is -2.62. The van der Waals surface area contributed by atoms with Crippen LogP contribution in [-0.4, -0.2) is 23.8 Å². The van der Waals surface area contributed by atoms with Crippen molar-refractivity contribution in [2.24, 2.45) is 5.92 Å². The number of nitrogens with one attached hydrogen (secondary N) is 1. The van der Waals surface area contributed by atoms with E-state index in [4.69, 9.17) is 27.9 Å². The summed E-state index contributed by atoms with van der Waals surface area (Å²) in [5.74, 6) is -2.68. The van der Waals surface area contributed by atoms with E-state index >= 15 is 0 Å². The first-order valence-electron chi connectivity index (χ1n) is 6.66. The van der Waals surface area contributed by atoms with Crippen molar-refractivity contribution in [3.8, 4) is 11.9 Å². The number of nitriles is 1. The lowest BCUT2D eigenvalue weighted by molar-refractivity contribution is -0.117. The molecule has 0 saturated carbocycles. The summed E-state index contributed by atoms with van der Waals surface area (Å²) in [6.07, 6.45) is 1.24. The van der Waals surface area contributed by atoms with E-state index < -0.39 is 17.6 Å². The molecule has 0 radical (unpaired) electrons. The number of hydrogen-bond acceptors (Lipinski definition) is 5. The van der Waals surface area contributed by atoms with Gasteiger partial charge in [-0.15, -0.1) is 0 Å². The zero-order valence-electron chi connectivity index (χ0n) is 12.4. The average Bonchev–Trinajstić information content (AvgIpc) is 2.58. The van der Waals surface area contributed by atoms with Gasteiger partial charge in [-0.25, -0.2) is 4.98 Å². The number of Topliss-reactive ketones (excluding diaryl/α,β-unsaturated/α-hetero) is 1. The van der Waals surface area contributed by atoms with Crippen molar-refractivity contribution in [3.63, 3.8) is 0 Å². The highest BCUT2D eigenvalue weighted by Gasteiger charge is 2.28. The van der Waals surface area contributed by atoms with E-state index in [0.29, 0.717) is 10.9 Å². The second-order valence-electron chi connectivity index (χ2n) is 4.63. The average molecular weight is 364 g/mol. The van der Waals surface area contributed by atoms with E-state index in [-0.39, 0.29) is 16.3 Å². The molecule has 1 N–H and O–H groups in total. The predicted molar refractivity (Wildman–Crippen MR) is 89.3 cm³/mol. The van der Waals surface area contributed by atoms with Gasteiger partial charge < -0.3 is 10.1 Å². The van der Waals surface area contributed by atoms with Crippen LogP contribution in [0.25, 0.3) is 0 Å². The molecule has 1 aromatic carbocycles. The van der Waals surface area contributed by atoms with Gasteiger partial charge in [0.15, 0.2) is 11.7 Å². The van der Waals surface area contributed by atoms with Crippen LogP contribution in [0.15, 0.2) is 36.5 Å². The van der Waals surface area contributed by atoms with E-state index in [2.05, 4.69) is 10.3 Å². The van der Waals surface area contributed by atoms with Gasteiger partial charge in [0.25, 0.3) is 0 Å². The number of ether oxygens (including phenoxy) is 1. The second-order valence-corrected chi connectivity index (χ2v) is 5.47. The lowest BCUT2D eigenvalue weighted by atomic mass is 9.99. The highest BCUT2D eigenvalue weighted by molar-refractivity contribution is 6.36. The van der Waals surface area contributed by atoms with E-state index in [1.165, 1.54) is 43.6 Å². The fourth-order valence-corrected chi connectivity index (χ4v) is 2.30. The minimum atomic E-state index is -1.54. The minimum absolute atomic E-state index is 0.125. The van der Waals surface area contributed by atoms with Crippen LogP contribution in [0.2, 0.25) is 10.0 Å². The largest absolute Gasteiger partial charge is 0.481 e. The lowest BCUT2D eigenvalue weighted by Gasteiger charge is -2.11. The molecule has 0 fully saturated rings. The molecule has 0 spiro atoms. The number of benzene rings is 1. The number of nitrogens with zero attached hydrogens (tertiary/aromatic N) is 2. The molecule has 1 aromatic heterocycles. The first-order chi connectivity index (χ1) is 11.5. The van der Waals surface area contributed by atoms with Crippen LogP contribution in [0.3, 0.4) is 0 Å². The van der Waals surface area contributed by atoms with Gasteiger partial charge in [0.1, 0.15) is 0 Å². The van der Waals surface area contributed by atoms with Gasteiger partial charge in [-0.3, -0.25) is 9.59 Å². The smallest absolute Gasteiger partial charge is 0.249 e. The van der Waals surface area contributed by atoms with E-state index in [1.807, 2.05) is 0 Å². The molecule has 1 amide bonds. The molecule has 24 heavy (non-hydrogen) atoms. The molecule has 6 nitrogen and oxygen atoms in total. The summed E-state index contributed by atoms with van der Waals surface area (Å²) in [6, 6.07) is 9.04. The van der Waals surface area contributed by atoms with Crippen LogP contribution in [0.5, 0.6) is 5.88 Å². The molecule has 8 heteroatoms. The second kappa shape index (κ2) is 7.77. The summed E-state index contributed by atoms with van der Waals surface area (Å²) in [6.45, 7) is 0. The molecule has 0 aliphatic heterocycles. The molecule has 0 aliphatic carbocycles. The van der Waals surface area contributed by atoms with Crippen molar-refractivity contribution in [3.05, 3.63) is 52.1 Å². The monoisotopic (exact) mass is 363 g/mol. The number of ketones is 1. The Morgan fingerprint density at radius 2 is 2.04 bits per heavy atom. The fourth-order valence-electron chi connectivity index (χ4n) is 1.85. The molecule has 0 saturated heterocycles. The Bertz CT molecular complexity index is 816. The van der Waals surface area contributed by atoms with Crippen LogP contribution in [0.4, 0.5) is 5.69 Å². The number of pyridine rings is 1. The van der Waals surface area contributed by atoms with Crippen LogP contribution < -0.4 is 10.1 Å². The normalized spacial score (nSPS) is 11.2. The van der Waals surface area contributed by atoms with Crippen LogP contribution in [0, 0.1) is 17.2 Å². The third kappa shape index (κ3) is 4.02. The van der Waals surface area contributed by atoms with E-state index in [0.717, 1.165) is 0 Å². The highest BCUT2D eigenvalue weighted by Crippen LogP contribution is 2.26. The van der Waals surface area contributed by atoms with Gasteiger partial charge in [0.05, 0.1) is 23.9 Å². The Morgan fingerprint density at radius 3 is 2.58 bits per heavy atom. The molecule has 1 unspecified atom stereocenters. The molecule has 0 bridgehead atoms. The van der Waals surface area contributed by atoms with Crippen LogP contribution >= 0.6 is 23.2 Å². The minimum Gasteiger partial charge on any atom is -0.481 e. The SMILES string of the molecule is COc1ccc(C(=O)C(C#N)C(=O)Nc2ccc(Cl)cc2Cl)cn1. The van der Waals surface area contributed by atoms with Crippen molar-refractivity contribution in [1.29, 1.82) is 5.26 Å². The maximum Gasteiger partial charge on any atom is 0.249 e. The van der Waals surface area contributed by atoms with Crippen molar-refractivity contribution in [2.75, 3.05) is 12.4 Å². The van der Waals surface area contributed by atoms with Gasteiger partial charge in [-0.2, -0.15) is 5.26 Å². The van der Waals surface area contributed by atoms with Crippen LogP contribution in [-0.2, 0) is 4.79 Å².